The van der Waals surface area contributed by atoms with E-state index in [-0.39, 0.29) is 0 Å². The number of fused-ring (bicyclic) bond motifs is 1. The van der Waals surface area contributed by atoms with Crippen molar-refractivity contribution < 1.29 is 0 Å². The van der Waals surface area contributed by atoms with E-state index >= 15 is 0 Å². The van der Waals surface area contributed by atoms with Crippen molar-refractivity contribution in [3.8, 4) is 11.3 Å². The van der Waals surface area contributed by atoms with Gasteiger partial charge in [-0.2, -0.15) is 11.3 Å². The molecule has 1 aromatic carbocycles. The minimum atomic E-state index is 0.702. The number of imidazole rings is 1. The molecule has 0 unspecified atom stereocenters. The quantitative estimate of drug-likeness (QED) is 0.566. The second kappa shape index (κ2) is 6.09. The fraction of sp³-hybridized carbons (Fsp3) is 0.158. The second-order valence-electron chi connectivity index (χ2n) is 5.70. The molecule has 0 spiro atoms. The van der Waals surface area contributed by atoms with Gasteiger partial charge >= 0.3 is 0 Å². The lowest BCUT2D eigenvalue weighted by molar-refractivity contribution is 1.10. The van der Waals surface area contributed by atoms with E-state index in [1.54, 1.807) is 17.5 Å². The number of para-hydroxylation sites is 1. The smallest absolute Gasteiger partial charge is 0.235 e. The van der Waals surface area contributed by atoms with Crippen LogP contribution in [0.3, 0.4) is 0 Å². The predicted octanol–water partition coefficient (Wildman–Crippen LogP) is 5.07. The molecule has 0 bridgehead atoms. The molecule has 4 nitrogen and oxygen atoms in total. The van der Waals surface area contributed by atoms with Crippen molar-refractivity contribution in [3.63, 3.8) is 0 Å². The van der Waals surface area contributed by atoms with Gasteiger partial charge in [0.2, 0.25) is 5.78 Å². The van der Waals surface area contributed by atoms with Crippen LogP contribution in [-0.2, 0) is 6.42 Å². The molecule has 0 fully saturated rings. The zero-order valence-electron chi connectivity index (χ0n) is 13.7. The Bertz CT molecular complexity index is 986. The highest BCUT2D eigenvalue weighted by atomic mass is 32.1. The summed E-state index contributed by atoms with van der Waals surface area (Å²) in [5, 5.41) is 7.82. The van der Waals surface area contributed by atoms with Crippen LogP contribution in [0.15, 0.2) is 53.5 Å². The van der Waals surface area contributed by atoms with Gasteiger partial charge in [0.1, 0.15) is 11.5 Å². The van der Waals surface area contributed by atoms with Crippen molar-refractivity contribution in [1.82, 2.24) is 14.4 Å². The Morgan fingerprint density at radius 3 is 2.92 bits per heavy atom. The number of aromatic nitrogens is 3. The Morgan fingerprint density at radius 2 is 2.12 bits per heavy atom. The number of benzene rings is 1. The maximum Gasteiger partial charge on any atom is 0.235 e. The molecular weight excluding hydrogens is 316 g/mol. The third-order valence-corrected chi connectivity index (χ3v) is 4.86. The average molecular weight is 334 g/mol. The van der Waals surface area contributed by atoms with Crippen LogP contribution in [0.1, 0.15) is 18.1 Å². The highest BCUT2D eigenvalue weighted by Crippen LogP contribution is 2.33. The summed E-state index contributed by atoms with van der Waals surface area (Å²) in [4.78, 5) is 9.13. The summed E-state index contributed by atoms with van der Waals surface area (Å²) in [6.45, 7) is 4.31. The maximum atomic E-state index is 4.73. The Hall–Kier alpha value is -2.66. The molecule has 0 atom stereocenters. The highest BCUT2D eigenvalue weighted by molar-refractivity contribution is 7.08. The van der Waals surface area contributed by atoms with Crippen LogP contribution in [0.5, 0.6) is 0 Å². The van der Waals surface area contributed by atoms with E-state index in [9.17, 15) is 0 Å². The van der Waals surface area contributed by atoms with Crippen molar-refractivity contribution in [2.45, 2.75) is 20.3 Å². The lowest BCUT2D eigenvalue weighted by Gasteiger charge is -2.14. The minimum Gasteiger partial charge on any atom is -0.339 e. The van der Waals surface area contributed by atoms with Gasteiger partial charge in [-0.1, -0.05) is 25.1 Å². The molecule has 0 aliphatic carbocycles. The molecule has 3 heterocycles. The van der Waals surface area contributed by atoms with Gasteiger partial charge in [0.25, 0.3) is 0 Å². The molecule has 0 aliphatic rings. The average Bonchev–Trinajstić information content (AvgIpc) is 3.24. The van der Waals surface area contributed by atoms with E-state index in [0.717, 1.165) is 29.2 Å². The number of hydrogen-bond acceptors (Lipinski definition) is 4. The molecule has 24 heavy (non-hydrogen) atoms. The van der Waals surface area contributed by atoms with Crippen molar-refractivity contribution in [1.29, 1.82) is 0 Å². The number of rotatable bonds is 4. The third kappa shape index (κ3) is 2.47. The monoisotopic (exact) mass is 334 g/mol. The lowest BCUT2D eigenvalue weighted by Crippen LogP contribution is -2.02. The number of thiophene rings is 1. The molecule has 1 N–H and O–H groups in total. The van der Waals surface area contributed by atoms with E-state index in [4.69, 9.17) is 4.98 Å². The normalized spacial score (nSPS) is 11.1. The van der Waals surface area contributed by atoms with Crippen LogP contribution in [0, 0.1) is 6.92 Å². The van der Waals surface area contributed by atoms with Gasteiger partial charge in [-0.3, -0.25) is 4.40 Å². The van der Waals surface area contributed by atoms with Crippen molar-refractivity contribution in [2.24, 2.45) is 0 Å². The van der Waals surface area contributed by atoms with E-state index in [1.165, 1.54) is 11.1 Å². The third-order valence-electron chi connectivity index (χ3n) is 4.18. The topological polar surface area (TPSA) is 42.2 Å². The fourth-order valence-corrected chi connectivity index (χ4v) is 3.57. The summed E-state index contributed by atoms with van der Waals surface area (Å²) in [5.74, 6) is 1.66. The van der Waals surface area contributed by atoms with E-state index < -0.39 is 0 Å². The number of nitrogens with zero attached hydrogens (tertiary/aromatic N) is 3. The van der Waals surface area contributed by atoms with Crippen LogP contribution in [-0.4, -0.2) is 14.4 Å². The standard InChI is InChI=1S/C19H18N4S/c1-3-14-7-4-6-13(2)16(14)21-18-17(15-8-11-24-12-15)22-19-20-9-5-10-23(18)19/h4-12,21H,3H2,1-2H3. The maximum absolute atomic E-state index is 4.73. The van der Waals surface area contributed by atoms with Crippen LogP contribution in [0.2, 0.25) is 0 Å². The summed E-state index contributed by atoms with van der Waals surface area (Å²) in [7, 11) is 0. The first-order chi connectivity index (χ1) is 11.8. The van der Waals surface area contributed by atoms with Gasteiger partial charge in [-0.25, -0.2) is 9.97 Å². The molecule has 0 aliphatic heterocycles. The molecule has 0 radical (unpaired) electrons. The number of anilines is 2. The molecule has 0 saturated heterocycles. The Labute approximate surface area is 144 Å². The summed E-state index contributed by atoms with van der Waals surface area (Å²) < 4.78 is 2.01. The summed E-state index contributed by atoms with van der Waals surface area (Å²) in [6, 6.07) is 10.4. The van der Waals surface area contributed by atoms with Crippen molar-refractivity contribution >= 4 is 28.6 Å². The Balaban J connectivity index is 1.92. The molecule has 4 rings (SSSR count). The fourth-order valence-electron chi connectivity index (χ4n) is 2.93. The first-order valence-corrected chi connectivity index (χ1v) is 8.93. The van der Waals surface area contributed by atoms with Crippen molar-refractivity contribution in [3.05, 3.63) is 64.6 Å². The molecule has 4 aromatic rings. The van der Waals surface area contributed by atoms with Crippen LogP contribution >= 0.6 is 11.3 Å². The zero-order valence-corrected chi connectivity index (χ0v) is 14.5. The first-order valence-electron chi connectivity index (χ1n) is 7.99. The van der Waals surface area contributed by atoms with Gasteiger partial charge in [0.15, 0.2) is 0 Å². The first kappa shape index (κ1) is 14.9. The van der Waals surface area contributed by atoms with Gasteiger partial charge in [-0.15, -0.1) is 0 Å². The van der Waals surface area contributed by atoms with E-state index in [1.807, 2.05) is 16.7 Å². The predicted molar refractivity (Wildman–Crippen MR) is 100 cm³/mol. The van der Waals surface area contributed by atoms with Gasteiger partial charge < -0.3 is 5.32 Å². The molecular formula is C19H18N4S. The lowest BCUT2D eigenvalue weighted by atomic mass is 10.1. The molecule has 120 valence electrons. The van der Waals surface area contributed by atoms with Gasteiger partial charge in [0, 0.05) is 29.0 Å². The molecule has 0 amide bonds. The van der Waals surface area contributed by atoms with E-state index in [2.05, 4.69) is 59.2 Å². The summed E-state index contributed by atoms with van der Waals surface area (Å²) in [6.07, 6.45) is 4.75. The SMILES string of the molecule is CCc1cccc(C)c1Nc1c(-c2ccsc2)nc2ncccn12. The Morgan fingerprint density at radius 1 is 1.21 bits per heavy atom. The van der Waals surface area contributed by atoms with Gasteiger partial charge in [-0.05, 0) is 42.0 Å². The van der Waals surface area contributed by atoms with Crippen LogP contribution < -0.4 is 5.32 Å². The number of aryl methyl sites for hydroxylation is 2. The second-order valence-corrected chi connectivity index (χ2v) is 6.48. The zero-order chi connectivity index (χ0) is 16.5. The van der Waals surface area contributed by atoms with Crippen LogP contribution in [0.4, 0.5) is 11.5 Å². The largest absolute Gasteiger partial charge is 0.339 e. The van der Waals surface area contributed by atoms with Gasteiger partial charge in [0.05, 0.1) is 0 Å². The van der Waals surface area contributed by atoms with Crippen LogP contribution in [0.25, 0.3) is 17.0 Å². The minimum absolute atomic E-state index is 0.702. The Kier molecular flexibility index (Phi) is 3.78. The van der Waals surface area contributed by atoms with E-state index in [0.29, 0.717) is 5.78 Å². The molecule has 0 saturated carbocycles. The number of hydrogen-bond donors (Lipinski definition) is 1. The molecule has 5 heteroatoms. The highest BCUT2D eigenvalue weighted by Gasteiger charge is 2.17. The summed E-state index contributed by atoms with van der Waals surface area (Å²) >= 11 is 1.67. The summed E-state index contributed by atoms with van der Waals surface area (Å²) in [5.41, 5.74) is 5.72. The number of nitrogens with one attached hydrogen (secondary N) is 1. The van der Waals surface area contributed by atoms with Crippen molar-refractivity contribution in [2.75, 3.05) is 5.32 Å². The molecule has 3 aromatic heterocycles.